The van der Waals surface area contributed by atoms with Gasteiger partial charge in [-0.15, -0.1) is 0 Å². The van der Waals surface area contributed by atoms with Crippen LogP contribution >= 0.6 is 0 Å². The fourth-order valence-corrected chi connectivity index (χ4v) is 3.40. The Morgan fingerprint density at radius 3 is 2.34 bits per heavy atom. The molecule has 0 heterocycles. The molecule has 0 atom stereocenters. The maximum absolute atomic E-state index is 12.4. The Morgan fingerprint density at radius 1 is 1.10 bits per heavy atom. The number of non-ortho nitro benzene ring substituents is 1. The minimum absolute atomic E-state index is 0.0437. The first kappa shape index (κ1) is 21.8. The van der Waals surface area contributed by atoms with Crippen molar-refractivity contribution in [1.82, 2.24) is 10.6 Å². The van der Waals surface area contributed by atoms with Gasteiger partial charge in [0.1, 0.15) is 0 Å². The summed E-state index contributed by atoms with van der Waals surface area (Å²) < 4.78 is 27.1. The molecular formula is C18H20N4O6S. The van der Waals surface area contributed by atoms with Gasteiger partial charge in [-0.1, -0.05) is 6.07 Å². The zero-order chi connectivity index (χ0) is 21.6. The average molecular weight is 420 g/mol. The van der Waals surface area contributed by atoms with Crippen LogP contribution in [-0.4, -0.2) is 37.7 Å². The molecule has 0 fully saturated rings. The second-order valence-corrected chi connectivity index (χ2v) is 8.02. The highest BCUT2D eigenvalue weighted by molar-refractivity contribution is 7.92. The topological polar surface area (TPSA) is 148 Å². The van der Waals surface area contributed by atoms with Crippen molar-refractivity contribution < 1.29 is 22.9 Å². The second kappa shape index (κ2) is 9.15. The number of hydrogen-bond donors (Lipinski definition) is 3. The van der Waals surface area contributed by atoms with Gasteiger partial charge in [-0.2, -0.15) is 0 Å². The minimum Gasteiger partial charge on any atom is -0.352 e. The van der Waals surface area contributed by atoms with E-state index in [1.54, 1.807) is 13.8 Å². The van der Waals surface area contributed by atoms with Gasteiger partial charge in [0.15, 0.2) is 0 Å². The molecule has 3 N–H and O–H groups in total. The summed E-state index contributed by atoms with van der Waals surface area (Å²) in [6.45, 7) is 3.42. The largest absolute Gasteiger partial charge is 0.352 e. The van der Waals surface area contributed by atoms with Crippen LogP contribution in [0.15, 0.2) is 53.4 Å². The molecule has 0 radical (unpaired) electrons. The summed E-state index contributed by atoms with van der Waals surface area (Å²) >= 11 is 0. The number of amides is 2. The van der Waals surface area contributed by atoms with Crippen molar-refractivity contribution >= 4 is 33.2 Å². The third-order valence-corrected chi connectivity index (χ3v) is 4.98. The first-order valence-corrected chi connectivity index (χ1v) is 10.0. The van der Waals surface area contributed by atoms with E-state index in [-0.39, 0.29) is 40.3 Å². The third kappa shape index (κ3) is 6.28. The fourth-order valence-electron chi connectivity index (χ4n) is 2.30. The van der Waals surface area contributed by atoms with E-state index in [4.69, 9.17) is 0 Å². The molecule has 0 bridgehead atoms. The molecule has 0 saturated heterocycles. The molecule has 0 saturated carbocycles. The fraction of sp³-hybridized carbons (Fsp3) is 0.222. The zero-order valence-corrected chi connectivity index (χ0v) is 16.5. The quantitative estimate of drug-likeness (QED) is 0.437. The summed E-state index contributed by atoms with van der Waals surface area (Å²) in [4.78, 5) is 33.5. The van der Waals surface area contributed by atoms with Gasteiger partial charge < -0.3 is 10.6 Å². The first-order valence-electron chi connectivity index (χ1n) is 8.53. The van der Waals surface area contributed by atoms with E-state index in [2.05, 4.69) is 15.4 Å². The number of anilines is 1. The van der Waals surface area contributed by atoms with Crippen LogP contribution in [0.5, 0.6) is 0 Å². The Balaban J connectivity index is 2.04. The van der Waals surface area contributed by atoms with Crippen LogP contribution in [0.3, 0.4) is 0 Å². The van der Waals surface area contributed by atoms with Gasteiger partial charge in [0.05, 0.1) is 16.4 Å². The number of nitro benzene ring substituents is 1. The van der Waals surface area contributed by atoms with Crippen LogP contribution in [0.25, 0.3) is 0 Å². The van der Waals surface area contributed by atoms with Crippen LogP contribution in [0.1, 0.15) is 24.2 Å². The van der Waals surface area contributed by atoms with Gasteiger partial charge in [0.2, 0.25) is 5.91 Å². The van der Waals surface area contributed by atoms with Crippen LogP contribution in [-0.2, 0) is 14.8 Å². The number of nitrogens with one attached hydrogen (secondary N) is 3. The molecule has 2 rings (SSSR count). The lowest BCUT2D eigenvalue weighted by Gasteiger charge is -2.10. The number of nitrogens with zero attached hydrogens (tertiary/aromatic N) is 1. The van der Waals surface area contributed by atoms with Gasteiger partial charge in [-0.05, 0) is 44.2 Å². The molecule has 0 aromatic heterocycles. The number of benzene rings is 2. The van der Waals surface area contributed by atoms with Crippen molar-refractivity contribution in [3.63, 3.8) is 0 Å². The molecule has 0 aliphatic heterocycles. The molecule has 2 aromatic carbocycles. The Labute approximate surface area is 167 Å². The summed E-state index contributed by atoms with van der Waals surface area (Å²) in [5, 5.41) is 15.9. The van der Waals surface area contributed by atoms with E-state index in [0.717, 1.165) is 6.07 Å². The highest BCUT2D eigenvalue weighted by atomic mass is 32.2. The predicted octanol–water partition coefficient (Wildman–Crippen LogP) is 1.65. The van der Waals surface area contributed by atoms with Gasteiger partial charge in [-0.25, -0.2) is 8.42 Å². The normalized spacial score (nSPS) is 11.0. The summed E-state index contributed by atoms with van der Waals surface area (Å²) in [7, 11) is -4.04. The highest BCUT2D eigenvalue weighted by Gasteiger charge is 2.18. The van der Waals surface area contributed by atoms with E-state index in [9.17, 15) is 28.1 Å². The molecule has 154 valence electrons. The van der Waals surface area contributed by atoms with E-state index in [0.29, 0.717) is 0 Å². The van der Waals surface area contributed by atoms with Crippen LogP contribution < -0.4 is 15.4 Å². The van der Waals surface area contributed by atoms with Crippen LogP contribution in [0, 0.1) is 10.1 Å². The molecule has 2 amide bonds. The summed E-state index contributed by atoms with van der Waals surface area (Å²) in [6.07, 6.45) is 0. The molecule has 0 spiro atoms. The lowest BCUT2D eigenvalue weighted by molar-refractivity contribution is -0.385. The molecule has 29 heavy (non-hydrogen) atoms. The Kier molecular flexibility index (Phi) is 6.89. The van der Waals surface area contributed by atoms with Gasteiger partial charge in [-0.3, -0.25) is 24.4 Å². The summed E-state index contributed by atoms with van der Waals surface area (Å²) in [6, 6.07) is 10.1. The first-order chi connectivity index (χ1) is 13.6. The summed E-state index contributed by atoms with van der Waals surface area (Å²) in [5.74, 6) is -0.813. The number of nitro groups is 1. The Hall–Kier alpha value is -3.47. The van der Waals surface area contributed by atoms with Crippen molar-refractivity contribution in [2.45, 2.75) is 24.8 Å². The van der Waals surface area contributed by atoms with Crippen LogP contribution in [0.4, 0.5) is 11.4 Å². The smallest absolute Gasteiger partial charge is 0.270 e. The predicted molar refractivity (Wildman–Crippen MR) is 106 cm³/mol. The van der Waals surface area contributed by atoms with E-state index in [1.165, 1.54) is 42.5 Å². The summed E-state index contributed by atoms with van der Waals surface area (Å²) in [5.41, 5.74) is 0.0626. The van der Waals surface area contributed by atoms with Crippen molar-refractivity contribution in [2.75, 3.05) is 11.3 Å². The van der Waals surface area contributed by atoms with E-state index >= 15 is 0 Å². The monoisotopic (exact) mass is 420 g/mol. The highest BCUT2D eigenvalue weighted by Crippen LogP contribution is 2.20. The molecule has 0 aliphatic carbocycles. The lowest BCUT2D eigenvalue weighted by atomic mass is 10.2. The molecule has 10 nitrogen and oxygen atoms in total. The molecular weight excluding hydrogens is 400 g/mol. The van der Waals surface area contributed by atoms with Crippen molar-refractivity contribution in [2.24, 2.45) is 0 Å². The number of sulfonamides is 1. The maximum Gasteiger partial charge on any atom is 0.270 e. The number of rotatable bonds is 8. The molecule has 2 aromatic rings. The molecule has 11 heteroatoms. The molecule has 0 aliphatic rings. The average Bonchev–Trinajstić information content (AvgIpc) is 2.66. The Bertz CT molecular complexity index is 1020. The second-order valence-electron chi connectivity index (χ2n) is 6.34. The van der Waals surface area contributed by atoms with Crippen LogP contribution in [0.2, 0.25) is 0 Å². The number of hydrogen-bond acceptors (Lipinski definition) is 6. The van der Waals surface area contributed by atoms with Gasteiger partial charge in [0.25, 0.3) is 21.6 Å². The van der Waals surface area contributed by atoms with E-state index in [1.807, 2.05) is 0 Å². The number of carbonyl (C=O) groups is 2. The Morgan fingerprint density at radius 2 is 1.76 bits per heavy atom. The maximum atomic E-state index is 12.4. The van der Waals surface area contributed by atoms with Gasteiger partial charge >= 0.3 is 0 Å². The number of carbonyl (C=O) groups excluding carboxylic acids is 2. The standard InChI is InChI=1S/C18H20N4O6S/c1-12(2)20-17(23)11-19-18(24)13-6-8-14(9-7-13)21-29(27,28)16-5-3-4-15(10-16)22(25)26/h3-10,12,21H,11H2,1-2H3,(H,19,24)(H,20,23). The lowest BCUT2D eigenvalue weighted by Crippen LogP contribution is -2.39. The minimum atomic E-state index is -4.04. The van der Waals surface area contributed by atoms with Crippen molar-refractivity contribution in [3.8, 4) is 0 Å². The van der Waals surface area contributed by atoms with E-state index < -0.39 is 20.9 Å². The van der Waals surface area contributed by atoms with Crippen molar-refractivity contribution in [3.05, 3.63) is 64.2 Å². The zero-order valence-electron chi connectivity index (χ0n) is 15.7. The SMILES string of the molecule is CC(C)NC(=O)CNC(=O)c1ccc(NS(=O)(=O)c2cccc([N+](=O)[O-])c2)cc1. The molecule has 0 unspecified atom stereocenters. The van der Waals surface area contributed by atoms with Gasteiger partial charge in [0, 0.05) is 29.4 Å². The van der Waals surface area contributed by atoms with Crippen molar-refractivity contribution in [1.29, 1.82) is 0 Å². The third-order valence-electron chi connectivity index (χ3n) is 3.60.